The molecule has 6 heteroatoms. The Morgan fingerprint density at radius 3 is 3.05 bits per heavy atom. The van der Waals surface area contributed by atoms with Crippen LogP contribution in [-0.2, 0) is 4.79 Å². The van der Waals surface area contributed by atoms with E-state index in [9.17, 15) is 4.79 Å². The molecule has 1 amide bonds. The van der Waals surface area contributed by atoms with Crippen LogP contribution in [0.1, 0.15) is 26.2 Å². The van der Waals surface area contributed by atoms with Crippen molar-refractivity contribution < 1.29 is 4.79 Å². The van der Waals surface area contributed by atoms with Gasteiger partial charge in [-0.3, -0.25) is 9.36 Å². The molecule has 0 saturated heterocycles. The van der Waals surface area contributed by atoms with Crippen LogP contribution < -0.4 is 5.32 Å². The van der Waals surface area contributed by atoms with E-state index in [0.717, 1.165) is 36.7 Å². The summed E-state index contributed by atoms with van der Waals surface area (Å²) in [5.74, 6) is 0.408. The summed E-state index contributed by atoms with van der Waals surface area (Å²) < 4.78 is 1.93. The van der Waals surface area contributed by atoms with E-state index in [4.69, 9.17) is 11.6 Å². The van der Waals surface area contributed by atoms with Gasteiger partial charge in [0.05, 0.1) is 5.75 Å². The predicted octanol–water partition coefficient (Wildman–Crippen LogP) is 3.92. The van der Waals surface area contributed by atoms with Crippen LogP contribution in [0.15, 0.2) is 41.8 Å². The van der Waals surface area contributed by atoms with Gasteiger partial charge < -0.3 is 5.32 Å². The van der Waals surface area contributed by atoms with Gasteiger partial charge in [0, 0.05) is 29.6 Å². The molecule has 0 radical (unpaired) electrons. The smallest absolute Gasteiger partial charge is 0.230 e. The minimum Gasteiger partial charge on any atom is -0.355 e. The second-order valence-corrected chi connectivity index (χ2v) is 6.28. The summed E-state index contributed by atoms with van der Waals surface area (Å²) in [6, 6.07) is 7.56. The maximum Gasteiger partial charge on any atom is 0.230 e. The molecule has 118 valence electrons. The van der Waals surface area contributed by atoms with Crippen molar-refractivity contribution in [2.45, 2.75) is 31.3 Å². The lowest BCUT2D eigenvalue weighted by Gasteiger charge is -2.08. The van der Waals surface area contributed by atoms with Crippen molar-refractivity contribution >= 4 is 29.3 Å². The Morgan fingerprint density at radius 2 is 2.27 bits per heavy atom. The highest BCUT2D eigenvalue weighted by Gasteiger charge is 2.09. The first-order valence-corrected chi connectivity index (χ1v) is 8.76. The number of imidazole rings is 1. The van der Waals surface area contributed by atoms with Gasteiger partial charge in [-0.1, -0.05) is 49.2 Å². The topological polar surface area (TPSA) is 46.9 Å². The molecule has 0 aliphatic carbocycles. The van der Waals surface area contributed by atoms with Crippen LogP contribution in [0, 0.1) is 0 Å². The molecule has 22 heavy (non-hydrogen) atoms. The Morgan fingerprint density at radius 1 is 1.41 bits per heavy atom. The lowest BCUT2D eigenvalue weighted by atomic mass is 10.2. The van der Waals surface area contributed by atoms with Gasteiger partial charge in [0.1, 0.15) is 0 Å². The number of halogens is 1. The number of carbonyl (C=O) groups is 1. The molecule has 0 fully saturated rings. The highest BCUT2D eigenvalue weighted by molar-refractivity contribution is 7.99. The van der Waals surface area contributed by atoms with Crippen molar-refractivity contribution in [3.8, 4) is 5.69 Å². The van der Waals surface area contributed by atoms with Crippen molar-refractivity contribution in [2.24, 2.45) is 0 Å². The predicted molar refractivity (Wildman–Crippen MR) is 91.8 cm³/mol. The van der Waals surface area contributed by atoms with E-state index < -0.39 is 0 Å². The second-order valence-electron chi connectivity index (χ2n) is 4.91. The Kier molecular flexibility index (Phi) is 6.80. The summed E-state index contributed by atoms with van der Waals surface area (Å²) in [6.45, 7) is 2.89. The van der Waals surface area contributed by atoms with Gasteiger partial charge in [-0.05, 0) is 24.6 Å². The molecular weight excluding hydrogens is 318 g/mol. The number of aromatic nitrogens is 2. The third-order valence-corrected chi connectivity index (χ3v) is 4.33. The monoisotopic (exact) mass is 337 g/mol. The number of benzene rings is 1. The van der Waals surface area contributed by atoms with Gasteiger partial charge in [-0.2, -0.15) is 0 Å². The Bertz CT molecular complexity index is 615. The second kappa shape index (κ2) is 8.86. The molecule has 0 aliphatic rings. The van der Waals surface area contributed by atoms with E-state index in [1.54, 1.807) is 6.20 Å². The van der Waals surface area contributed by atoms with Crippen molar-refractivity contribution in [3.05, 3.63) is 41.7 Å². The molecule has 1 heterocycles. The number of nitrogens with zero attached hydrogens (tertiary/aromatic N) is 2. The summed E-state index contributed by atoms with van der Waals surface area (Å²) in [7, 11) is 0. The Labute approximate surface area is 140 Å². The van der Waals surface area contributed by atoms with Crippen molar-refractivity contribution in [1.82, 2.24) is 14.9 Å². The van der Waals surface area contributed by atoms with Gasteiger partial charge in [-0.25, -0.2) is 4.98 Å². The molecule has 1 aromatic carbocycles. The fraction of sp³-hybridized carbons (Fsp3) is 0.375. The third-order valence-electron chi connectivity index (χ3n) is 3.13. The highest BCUT2D eigenvalue weighted by Crippen LogP contribution is 2.22. The number of unbranched alkanes of at least 4 members (excludes halogenated alkanes) is 2. The zero-order valence-electron chi connectivity index (χ0n) is 12.6. The first-order chi connectivity index (χ1) is 10.7. The zero-order chi connectivity index (χ0) is 15.8. The molecule has 1 N–H and O–H groups in total. The lowest BCUT2D eigenvalue weighted by Crippen LogP contribution is -2.26. The average Bonchev–Trinajstić information content (AvgIpc) is 2.98. The van der Waals surface area contributed by atoms with Crippen molar-refractivity contribution in [3.63, 3.8) is 0 Å². The molecule has 0 unspecified atom stereocenters. The molecule has 0 aliphatic heterocycles. The van der Waals surface area contributed by atoms with Crippen LogP contribution >= 0.6 is 23.4 Å². The number of rotatable bonds is 8. The van der Waals surface area contributed by atoms with E-state index in [0.29, 0.717) is 10.8 Å². The first-order valence-electron chi connectivity index (χ1n) is 7.39. The van der Waals surface area contributed by atoms with Gasteiger partial charge in [0.25, 0.3) is 0 Å². The average molecular weight is 338 g/mol. The van der Waals surface area contributed by atoms with Crippen LogP contribution in [0.3, 0.4) is 0 Å². The Balaban J connectivity index is 1.89. The number of thioether (sulfide) groups is 1. The maximum atomic E-state index is 11.8. The van der Waals surface area contributed by atoms with E-state index >= 15 is 0 Å². The highest BCUT2D eigenvalue weighted by atomic mass is 35.5. The van der Waals surface area contributed by atoms with E-state index in [-0.39, 0.29) is 5.91 Å². The maximum absolute atomic E-state index is 11.8. The molecule has 0 atom stereocenters. The van der Waals surface area contributed by atoms with E-state index in [1.807, 2.05) is 35.0 Å². The van der Waals surface area contributed by atoms with Crippen LogP contribution in [0.25, 0.3) is 5.69 Å². The lowest BCUT2D eigenvalue weighted by molar-refractivity contribution is -0.118. The van der Waals surface area contributed by atoms with Crippen LogP contribution in [0.4, 0.5) is 0 Å². The minimum absolute atomic E-state index is 0.0433. The summed E-state index contributed by atoms with van der Waals surface area (Å²) in [4.78, 5) is 16.1. The van der Waals surface area contributed by atoms with Crippen LogP contribution in [-0.4, -0.2) is 27.8 Å². The summed E-state index contributed by atoms with van der Waals surface area (Å²) >= 11 is 7.44. The van der Waals surface area contributed by atoms with Crippen molar-refractivity contribution in [1.29, 1.82) is 0 Å². The molecule has 2 aromatic rings. The molecule has 0 bridgehead atoms. The summed E-state index contributed by atoms with van der Waals surface area (Å²) in [5, 5.41) is 4.39. The summed E-state index contributed by atoms with van der Waals surface area (Å²) in [5.41, 5.74) is 0.941. The zero-order valence-corrected chi connectivity index (χ0v) is 14.2. The summed E-state index contributed by atoms with van der Waals surface area (Å²) in [6.07, 6.45) is 6.92. The molecule has 4 nitrogen and oxygen atoms in total. The number of nitrogens with one attached hydrogen (secondary N) is 1. The normalized spacial score (nSPS) is 10.6. The molecule has 1 aromatic heterocycles. The van der Waals surface area contributed by atoms with E-state index in [1.165, 1.54) is 11.8 Å². The fourth-order valence-electron chi connectivity index (χ4n) is 2.00. The van der Waals surface area contributed by atoms with E-state index in [2.05, 4.69) is 17.2 Å². The number of carbonyl (C=O) groups excluding carboxylic acids is 1. The quantitative estimate of drug-likeness (QED) is 0.586. The third kappa shape index (κ3) is 5.07. The van der Waals surface area contributed by atoms with Crippen LogP contribution in [0.5, 0.6) is 0 Å². The minimum atomic E-state index is 0.0433. The SMILES string of the molecule is CCCCCNC(=O)CSc1nccn1-c1cccc(Cl)c1. The Hall–Kier alpha value is -1.46. The molecule has 0 spiro atoms. The largest absolute Gasteiger partial charge is 0.355 e. The molecular formula is C16H20ClN3OS. The molecule has 2 rings (SSSR count). The van der Waals surface area contributed by atoms with Crippen molar-refractivity contribution in [2.75, 3.05) is 12.3 Å². The fourth-order valence-corrected chi connectivity index (χ4v) is 2.99. The number of hydrogen-bond donors (Lipinski definition) is 1. The van der Waals surface area contributed by atoms with Gasteiger partial charge in [0.15, 0.2) is 5.16 Å². The van der Waals surface area contributed by atoms with Gasteiger partial charge in [-0.15, -0.1) is 0 Å². The van der Waals surface area contributed by atoms with Gasteiger partial charge in [0.2, 0.25) is 5.91 Å². The number of hydrogen-bond acceptors (Lipinski definition) is 3. The van der Waals surface area contributed by atoms with Crippen LogP contribution in [0.2, 0.25) is 5.02 Å². The standard InChI is InChI=1S/C16H20ClN3OS/c1-2-3-4-8-18-15(21)12-22-16-19-9-10-20(16)14-7-5-6-13(17)11-14/h5-7,9-11H,2-4,8,12H2,1H3,(H,18,21). The first kappa shape index (κ1) is 16.9. The van der Waals surface area contributed by atoms with Gasteiger partial charge >= 0.3 is 0 Å². The molecule has 0 saturated carbocycles. The number of amides is 1.